The lowest BCUT2D eigenvalue weighted by atomic mass is 10.1. The number of hydrogen-bond acceptors (Lipinski definition) is 3. The van der Waals surface area contributed by atoms with Gasteiger partial charge in [-0.05, 0) is 38.3 Å². The van der Waals surface area contributed by atoms with E-state index in [0.717, 1.165) is 23.1 Å². The molecular weight excluding hydrogens is 250 g/mol. The van der Waals surface area contributed by atoms with Crippen LogP contribution in [0.2, 0.25) is 0 Å². The third-order valence-corrected chi connectivity index (χ3v) is 4.95. The van der Waals surface area contributed by atoms with Crippen molar-refractivity contribution in [3.8, 4) is 0 Å². The number of hydrogen-bond donors (Lipinski definition) is 1. The molecule has 1 heterocycles. The summed E-state index contributed by atoms with van der Waals surface area (Å²) in [4.78, 5) is 0.403. The van der Waals surface area contributed by atoms with Crippen molar-refractivity contribution in [2.45, 2.75) is 38.1 Å². The van der Waals surface area contributed by atoms with Gasteiger partial charge in [-0.15, -0.1) is 0 Å². The zero-order chi connectivity index (χ0) is 13.3. The highest BCUT2D eigenvalue weighted by Gasteiger charge is 2.25. The molecule has 100 valence electrons. The molecule has 0 aromatic heterocycles. The highest BCUT2D eigenvalue weighted by Crippen LogP contribution is 2.22. The summed E-state index contributed by atoms with van der Waals surface area (Å²) in [5, 5.41) is 0. The van der Waals surface area contributed by atoms with Gasteiger partial charge in [-0.2, -0.15) is 0 Å². The number of rotatable bonds is 3. The SMILES string of the molecule is Cc1cc(C)c(S(=O)(=O)NC2CCOC2)c(C)c1. The van der Waals surface area contributed by atoms with Crippen molar-refractivity contribution in [3.05, 3.63) is 28.8 Å². The molecule has 0 radical (unpaired) electrons. The predicted octanol–water partition coefficient (Wildman–Crippen LogP) is 1.68. The number of sulfonamides is 1. The molecule has 0 bridgehead atoms. The van der Waals surface area contributed by atoms with Crippen LogP contribution in [-0.4, -0.2) is 27.7 Å². The molecule has 1 atom stereocenters. The van der Waals surface area contributed by atoms with Crippen LogP contribution in [0.3, 0.4) is 0 Å². The maximum Gasteiger partial charge on any atom is 0.241 e. The lowest BCUT2D eigenvalue weighted by Gasteiger charge is -2.15. The van der Waals surface area contributed by atoms with E-state index in [-0.39, 0.29) is 6.04 Å². The molecule has 1 N–H and O–H groups in total. The molecule has 1 saturated heterocycles. The second-order valence-electron chi connectivity index (χ2n) is 4.91. The van der Waals surface area contributed by atoms with Crippen molar-refractivity contribution in [2.24, 2.45) is 0 Å². The van der Waals surface area contributed by atoms with Crippen LogP contribution in [-0.2, 0) is 14.8 Å². The molecular formula is C13H19NO3S. The monoisotopic (exact) mass is 269 g/mol. The minimum Gasteiger partial charge on any atom is -0.380 e. The van der Waals surface area contributed by atoms with E-state index in [1.165, 1.54) is 0 Å². The first-order chi connectivity index (χ1) is 8.40. The summed E-state index contributed by atoms with van der Waals surface area (Å²) in [6.45, 7) is 6.72. The van der Waals surface area contributed by atoms with E-state index in [2.05, 4.69) is 4.72 Å². The molecule has 0 amide bonds. The molecule has 1 fully saturated rings. The van der Waals surface area contributed by atoms with E-state index in [1.54, 1.807) is 0 Å². The highest BCUT2D eigenvalue weighted by molar-refractivity contribution is 7.89. The van der Waals surface area contributed by atoms with Crippen LogP contribution < -0.4 is 4.72 Å². The molecule has 1 aromatic carbocycles. The summed E-state index contributed by atoms with van der Waals surface area (Å²) in [5.74, 6) is 0. The average Bonchev–Trinajstić information content (AvgIpc) is 2.66. The van der Waals surface area contributed by atoms with E-state index in [1.807, 2.05) is 32.9 Å². The summed E-state index contributed by atoms with van der Waals surface area (Å²) in [7, 11) is -3.45. The summed E-state index contributed by atoms with van der Waals surface area (Å²) in [6, 6.07) is 3.69. The molecule has 1 unspecified atom stereocenters. The Morgan fingerprint density at radius 2 is 1.83 bits per heavy atom. The van der Waals surface area contributed by atoms with E-state index in [4.69, 9.17) is 4.74 Å². The third kappa shape index (κ3) is 2.74. The Morgan fingerprint density at radius 1 is 1.22 bits per heavy atom. The van der Waals surface area contributed by atoms with E-state index in [9.17, 15) is 8.42 Å². The average molecular weight is 269 g/mol. The van der Waals surface area contributed by atoms with Gasteiger partial charge in [-0.25, -0.2) is 13.1 Å². The fourth-order valence-electron chi connectivity index (χ4n) is 2.50. The van der Waals surface area contributed by atoms with Crippen molar-refractivity contribution < 1.29 is 13.2 Å². The van der Waals surface area contributed by atoms with Crippen molar-refractivity contribution in [1.29, 1.82) is 0 Å². The summed E-state index contributed by atoms with van der Waals surface area (Å²) >= 11 is 0. The molecule has 0 spiro atoms. The van der Waals surface area contributed by atoms with Crippen molar-refractivity contribution >= 4 is 10.0 Å². The fourth-order valence-corrected chi connectivity index (χ4v) is 4.20. The molecule has 5 heteroatoms. The largest absolute Gasteiger partial charge is 0.380 e. The summed E-state index contributed by atoms with van der Waals surface area (Å²) in [6.07, 6.45) is 0.739. The smallest absolute Gasteiger partial charge is 0.241 e. The first-order valence-corrected chi connectivity index (χ1v) is 7.56. The van der Waals surface area contributed by atoms with Crippen LogP contribution >= 0.6 is 0 Å². The zero-order valence-electron chi connectivity index (χ0n) is 11.0. The van der Waals surface area contributed by atoms with Crippen LogP contribution in [0.5, 0.6) is 0 Å². The van der Waals surface area contributed by atoms with Crippen LogP contribution in [0, 0.1) is 20.8 Å². The maximum absolute atomic E-state index is 12.4. The van der Waals surface area contributed by atoms with Crippen LogP contribution in [0.15, 0.2) is 17.0 Å². The van der Waals surface area contributed by atoms with Crippen LogP contribution in [0.1, 0.15) is 23.1 Å². The van der Waals surface area contributed by atoms with Gasteiger partial charge in [0.15, 0.2) is 0 Å². The van der Waals surface area contributed by atoms with Crippen LogP contribution in [0.4, 0.5) is 0 Å². The second kappa shape index (κ2) is 4.99. The Morgan fingerprint density at radius 3 is 2.33 bits per heavy atom. The van der Waals surface area contributed by atoms with Crippen molar-refractivity contribution in [2.75, 3.05) is 13.2 Å². The van der Waals surface area contributed by atoms with Crippen molar-refractivity contribution in [1.82, 2.24) is 4.72 Å². The van der Waals surface area contributed by atoms with E-state index in [0.29, 0.717) is 18.1 Å². The number of aryl methyl sites for hydroxylation is 3. The molecule has 1 aromatic rings. The van der Waals surface area contributed by atoms with Gasteiger partial charge < -0.3 is 4.74 Å². The zero-order valence-corrected chi connectivity index (χ0v) is 11.8. The van der Waals surface area contributed by atoms with Gasteiger partial charge in [-0.3, -0.25) is 0 Å². The Balaban J connectivity index is 2.34. The quantitative estimate of drug-likeness (QED) is 0.908. The second-order valence-corrected chi connectivity index (χ2v) is 6.56. The Bertz CT molecular complexity index is 522. The molecule has 1 aliphatic heterocycles. The predicted molar refractivity (Wildman–Crippen MR) is 70.2 cm³/mol. The minimum absolute atomic E-state index is 0.102. The lowest BCUT2D eigenvalue weighted by molar-refractivity contribution is 0.192. The standard InChI is InChI=1S/C13H19NO3S/c1-9-6-10(2)13(11(3)7-9)18(15,16)14-12-4-5-17-8-12/h6-7,12,14H,4-5,8H2,1-3H3. The molecule has 4 nitrogen and oxygen atoms in total. The molecule has 0 aliphatic carbocycles. The van der Waals surface area contributed by atoms with Gasteiger partial charge in [0.25, 0.3) is 0 Å². The number of ether oxygens (including phenoxy) is 1. The minimum atomic E-state index is -3.45. The Kier molecular flexibility index (Phi) is 3.75. The Hall–Kier alpha value is -0.910. The molecule has 0 saturated carbocycles. The van der Waals surface area contributed by atoms with Gasteiger partial charge in [0.2, 0.25) is 10.0 Å². The summed E-state index contributed by atoms with van der Waals surface area (Å²) < 4.78 is 32.7. The Labute approximate surface area is 108 Å². The first-order valence-electron chi connectivity index (χ1n) is 6.08. The van der Waals surface area contributed by atoms with Gasteiger partial charge in [-0.1, -0.05) is 17.7 Å². The molecule has 1 aliphatic rings. The normalized spacial score (nSPS) is 20.3. The number of benzene rings is 1. The molecule has 18 heavy (non-hydrogen) atoms. The van der Waals surface area contributed by atoms with Gasteiger partial charge >= 0.3 is 0 Å². The third-order valence-electron chi connectivity index (χ3n) is 3.12. The number of nitrogens with one attached hydrogen (secondary N) is 1. The van der Waals surface area contributed by atoms with E-state index >= 15 is 0 Å². The van der Waals surface area contributed by atoms with E-state index < -0.39 is 10.0 Å². The summed E-state index contributed by atoms with van der Waals surface area (Å²) in [5.41, 5.74) is 2.66. The molecule has 2 rings (SSSR count). The van der Waals surface area contributed by atoms with Crippen molar-refractivity contribution in [3.63, 3.8) is 0 Å². The highest BCUT2D eigenvalue weighted by atomic mass is 32.2. The first kappa shape index (κ1) is 13.5. The van der Waals surface area contributed by atoms with Gasteiger partial charge in [0.1, 0.15) is 0 Å². The maximum atomic E-state index is 12.4. The van der Waals surface area contributed by atoms with Crippen LogP contribution in [0.25, 0.3) is 0 Å². The lowest BCUT2D eigenvalue weighted by Crippen LogP contribution is -2.35. The fraction of sp³-hybridized carbons (Fsp3) is 0.538. The van der Waals surface area contributed by atoms with Gasteiger partial charge in [0, 0.05) is 12.6 Å². The topological polar surface area (TPSA) is 55.4 Å². The van der Waals surface area contributed by atoms with Gasteiger partial charge in [0.05, 0.1) is 11.5 Å².